The first kappa shape index (κ1) is 22.4. The van der Waals surface area contributed by atoms with Crippen molar-refractivity contribution in [1.29, 1.82) is 0 Å². The van der Waals surface area contributed by atoms with Crippen molar-refractivity contribution in [3.8, 4) is 0 Å². The van der Waals surface area contributed by atoms with Gasteiger partial charge in [-0.25, -0.2) is 9.78 Å². The zero-order chi connectivity index (χ0) is 21.5. The Labute approximate surface area is 180 Å². The number of piperidine rings is 1. The van der Waals surface area contributed by atoms with Crippen LogP contribution in [-0.4, -0.2) is 42.1 Å². The molecule has 0 bridgehead atoms. The van der Waals surface area contributed by atoms with Crippen molar-refractivity contribution in [3.05, 3.63) is 23.9 Å². The third-order valence-corrected chi connectivity index (χ3v) is 6.18. The fourth-order valence-corrected chi connectivity index (χ4v) is 4.33. The molecule has 3 amide bonds. The summed E-state index contributed by atoms with van der Waals surface area (Å²) in [6, 6.07) is 4.09. The van der Waals surface area contributed by atoms with Gasteiger partial charge < -0.3 is 20.9 Å². The molecular weight excluding hydrogens is 378 g/mol. The minimum absolute atomic E-state index is 0.0130. The summed E-state index contributed by atoms with van der Waals surface area (Å²) in [7, 11) is 0. The minimum atomic E-state index is -0.181. The fourth-order valence-electron chi connectivity index (χ4n) is 4.33. The standard InChI is InChI=1S/C23H37N5O2/c1-16(2)26-22(29)19-5-4-6-20(13-19)27-23(30)25-15-18-7-8-21(24-14-18)28-11-9-17(3)10-12-28/h7-8,14,16-17,19-20H,4-6,9-13,15H2,1-3H3,(H,26,29)(H2,25,27,30). The molecule has 2 atom stereocenters. The van der Waals surface area contributed by atoms with Gasteiger partial charge in [0.05, 0.1) is 0 Å². The maximum atomic E-state index is 12.3. The number of carbonyl (C=O) groups excluding carboxylic acids is 2. The number of urea groups is 1. The van der Waals surface area contributed by atoms with Crippen molar-refractivity contribution < 1.29 is 9.59 Å². The summed E-state index contributed by atoms with van der Waals surface area (Å²) in [5, 5.41) is 8.94. The lowest BCUT2D eigenvalue weighted by Gasteiger charge is -2.31. The molecule has 30 heavy (non-hydrogen) atoms. The molecule has 1 saturated carbocycles. The van der Waals surface area contributed by atoms with Gasteiger partial charge in [-0.3, -0.25) is 4.79 Å². The van der Waals surface area contributed by atoms with E-state index >= 15 is 0 Å². The Bertz CT molecular complexity index is 698. The highest BCUT2D eigenvalue weighted by atomic mass is 16.2. The topological polar surface area (TPSA) is 86.4 Å². The number of anilines is 1. The predicted octanol–water partition coefficient (Wildman–Crippen LogP) is 3.20. The summed E-state index contributed by atoms with van der Waals surface area (Å²) in [6.07, 6.45) is 7.76. The van der Waals surface area contributed by atoms with E-state index in [-0.39, 0.29) is 29.9 Å². The molecule has 1 aromatic heterocycles. The van der Waals surface area contributed by atoms with Crippen LogP contribution in [0.15, 0.2) is 18.3 Å². The number of hydrogen-bond donors (Lipinski definition) is 3. The summed E-state index contributed by atoms with van der Waals surface area (Å²) < 4.78 is 0. The molecule has 0 aromatic carbocycles. The molecule has 0 radical (unpaired) electrons. The smallest absolute Gasteiger partial charge is 0.315 e. The zero-order valence-corrected chi connectivity index (χ0v) is 18.6. The second-order valence-corrected chi connectivity index (χ2v) is 9.24. The summed E-state index contributed by atoms with van der Waals surface area (Å²) in [4.78, 5) is 31.5. The number of hydrogen-bond acceptors (Lipinski definition) is 4. The molecule has 2 heterocycles. The molecular formula is C23H37N5O2. The van der Waals surface area contributed by atoms with Crippen molar-refractivity contribution in [2.75, 3.05) is 18.0 Å². The highest BCUT2D eigenvalue weighted by Gasteiger charge is 2.28. The van der Waals surface area contributed by atoms with Crippen LogP contribution in [0.2, 0.25) is 0 Å². The van der Waals surface area contributed by atoms with E-state index in [0.29, 0.717) is 13.0 Å². The van der Waals surface area contributed by atoms with Crippen LogP contribution in [0.5, 0.6) is 0 Å². The van der Waals surface area contributed by atoms with Gasteiger partial charge >= 0.3 is 6.03 Å². The van der Waals surface area contributed by atoms with Gasteiger partial charge in [-0.1, -0.05) is 19.4 Å². The summed E-state index contributed by atoms with van der Waals surface area (Å²) in [5.41, 5.74) is 0.983. The normalized spacial score (nSPS) is 22.6. The third-order valence-electron chi connectivity index (χ3n) is 6.18. The molecule has 166 valence electrons. The Morgan fingerprint density at radius 3 is 2.60 bits per heavy atom. The zero-order valence-electron chi connectivity index (χ0n) is 18.6. The Morgan fingerprint density at radius 1 is 1.17 bits per heavy atom. The van der Waals surface area contributed by atoms with Crippen molar-refractivity contribution in [1.82, 2.24) is 20.9 Å². The molecule has 7 heteroatoms. The monoisotopic (exact) mass is 415 g/mol. The van der Waals surface area contributed by atoms with Crippen LogP contribution in [0.1, 0.15) is 64.9 Å². The Hall–Kier alpha value is -2.31. The van der Waals surface area contributed by atoms with Gasteiger partial charge in [0.25, 0.3) is 0 Å². The maximum Gasteiger partial charge on any atom is 0.315 e. The van der Waals surface area contributed by atoms with Crippen LogP contribution in [0.4, 0.5) is 10.6 Å². The molecule has 0 spiro atoms. The number of nitrogens with zero attached hydrogens (tertiary/aromatic N) is 2. The van der Waals surface area contributed by atoms with Crippen molar-refractivity contribution in [2.24, 2.45) is 11.8 Å². The van der Waals surface area contributed by atoms with E-state index < -0.39 is 0 Å². The lowest BCUT2D eigenvalue weighted by atomic mass is 9.85. The molecule has 1 aliphatic carbocycles. The maximum absolute atomic E-state index is 12.3. The van der Waals surface area contributed by atoms with Gasteiger partial charge in [-0.15, -0.1) is 0 Å². The first-order valence-electron chi connectivity index (χ1n) is 11.5. The van der Waals surface area contributed by atoms with E-state index in [9.17, 15) is 9.59 Å². The molecule has 2 fully saturated rings. The Balaban J connectivity index is 1.41. The van der Waals surface area contributed by atoms with Gasteiger partial charge in [-0.05, 0) is 63.5 Å². The Morgan fingerprint density at radius 2 is 1.93 bits per heavy atom. The number of carbonyl (C=O) groups is 2. The first-order valence-corrected chi connectivity index (χ1v) is 11.5. The van der Waals surface area contributed by atoms with Crippen molar-refractivity contribution in [3.63, 3.8) is 0 Å². The number of amides is 3. The average molecular weight is 416 g/mol. The van der Waals surface area contributed by atoms with Crippen LogP contribution in [-0.2, 0) is 11.3 Å². The van der Waals surface area contributed by atoms with Crippen LogP contribution < -0.4 is 20.9 Å². The number of rotatable bonds is 6. The highest BCUT2D eigenvalue weighted by Crippen LogP contribution is 2.25. The lowest BCUT2D eigenvalue weighted by molar-refractivity contribution is -0.126. The summed E-state index contributed by atoms with van der Waals surface area (Å²) in [6.45, 7) is 8.81. The number of pyridine rings is 1. The molecule has 3 rings (SSSR count). The second kappa shape index (κ2) is 10.6. The van der Waals surface area contributed by atoms with Gasteiger partial charge in [0.15, 0.2) is 0 Å². The van der Waals surface area contributed by atoms with Crippen molar-refractivity contribution in [2.45, 2.75) is 77.9 Å². The molecule has 7 nitrogen and oxygen atoms in total. The molecule has 1 aliphatic heterocycles. The molecule has 1 saturated heterocycles. The van der Waals surface area contributed by atoms with Gasteiger partial charge in [0, 0.05) is 43.8 Å². The van der Waals surface area contributed by atoms with Gasteiger partial charge in [0.2, 0.25) is 5.91 Å². The van der Waals surface area contributed by atoms with Crippen LogP contribution in [0, 0.1) is 11.8 Å². The van der Waals surface area contributed by atoms with Gasteiger partial charge in [0.1, 0.15) is 5.82 Å². The van der Waals surface area contributed by atoms with Crippen LogP contribution >= 0.6 is 0 Å². The van der Waals surface area contributed by atoms with E-state index in [4.69, 9.17) is 0 Å². The van der Waals surface area contributed by atoms with E-state index in [0.717, 1.165) is 49.7 Å². The minimum Gasteiger partial charge on any atom is -0.357 e. The lowest BCUT2D eigenvalue weighted by Crippen LogP contribution is -2.46. The van der Waals surface area contributed by atoms with Crippen LogP contribution in [0.25, 0.3) is 0 Å². The Kier molecular flexibility index (Phi) is 7.94. The molecule has 1 aromatic rings. The van der Waals surface area contributed by atoms with Crippen molar-refractivity contribution >= 4 is 17.8 Å². The predicted molar refractivity (Wildman–Crippen MR) is 119 cm³/mol. The number of nitrogens with one attached hydrogen (secondary N) is 3. The van der Waals surface area contributed by atoms with E-state index in [1.165, 1.54) is 12.8 Å². The second-order valence-electron chi connectivity index (χ2n) is 9.24. The first-order chi connectivity index (χ1) is 14.4. The summed E-state index contributed by atoms with van der Waals surface area (Å²) in [5.74, 6) is 1.91. The van der Waals surface area contributed by atoms with Gasteiger partial charge in [-0.2, -0.15) is 0 Å². The fraction of sp³-hybridized carbons (Fsp3) is 0.696. The largest absolute Gasteiger partial charge is 0.357 e. The third kappa shape index (κ3) is 6.61. The van der Waals surface area contributed by atoms with E-state index in [2.05, 4.69) is 32.8 Å². The quantitative estimate of drug-likeness (QED) is 0.666. The SMILES string of the molecule is CC1CCN(c2ccc(CNC(=O)NC3CCCC(C(=O)NC(C)C)C3)cn2)CC1. The highest BCUT2D eigenvalue weighted by molar-refractivity contribution is 5.79. The molecule has 2 unspecified atom stereocenters. The molecule has 2 aliphatic rings. The molecule has 3 N–H and O–H groups in total. The van der Waals surface area contributed by atoms with Crippen LogP contribution in [0.3, 0.4) is 0 Å². The van der Waals surface area contributed by atoms with E-state index in [1.807, 2.05) is 32.2 Å². The van der Waals surface area contributed by atoms with E-state index in [1.54, 1.807) is 0 Å². The summed E-state index contributed by atoms with van der Waals surface area (Å²) >= 11 is 0. The number of aromatic nitrogens is 1. The average Bonchev–Trinajstić information content (AvgIpc) is 2.73.